The predicted octanol–water partition coefficient (Wildman–Crippen LogP) is 4.37. The molecule has 0 bridgehead atoms. The third-order valence-corrected chi connectivity index (χ3v) is 3.92. The summed E-state index contributed by atoms with van der Waals surface area (Å²) in [7, 11) is 0. The summed E-state index contributed by atoms with van der Waals surface area (Å²) in [5.41, 5.74) is 0.537. The molecule has 0 N–H and O–H groups in total. The number of aryl methyl sites for hydroxylation is 1. The summed E-state index contributed by atoms with van der Waals surface area (Å²) in [6, 6.07) is 6.48. The van der Waals surface area contributed by atoms with E-state index >= 15 is 0 Å². The quantitative estimate of drug-likeness (QED) is 0.674. The van der Waals surface area contributed by atoms with Crippen LogP contribution in [0.5, 0.6) is 5.75 Å². The van der Waals surface area contributed by atoms with Crippen LogP contribution in [0.15, 0.2) is 29.6 Å². The van der Waals surface area contributed by atoms with Gasteiger partial charge in [-0.15, -0.1) is 11.3 Å². The second kappa shape index (κ2) is 5.34. The lowest BCUT2D eigenvalue weighted by atomic mass is 10.2. The van der Waals surface area contributed by atoms with Crippen LogP contribution in [-0.4, -0.2) is 9.97 Å². The maximum Gasteiger partial charge on any atom is 0.169 e. The summed E-state index contributed by atoms with van der Waals surface area (Å²) in [6.45, 7) is 1.88. The summed E-state index contributed by atoms with van der Waals surface area (Å²) in [6.07, 6.45) is 0. The molecule has 0 saturated carbocycles. The fraction of sp³-hybridized carbons (Fsp3) is 0.143. The van der Waals surface area contributed by atoms with Crippen LogP contribution in [0.25, 0.3) is 10.2 Å². The zero-order valence-electron chi connectivity index (χ0n) is 10.6. The topological polar surface area (TPSA) is 35.0 Å². The van der Waals surface area contributed by atoms with Gasteiger partial charge < -0.3 is 4.74 Å². The number of hydrogen-bond donors (Lipinski definition) is 0. The van der Waals surface area contributed by atoms with Crippen LogP contribution >= 0.6 is 22.9 Å². The van der Waals surface area contributed by atoms with Gasteiger partial charge in [-0.05, 0) is 42.1 Å². The average Bonchev–Trinajstić information content (AvgIpc) is 2.89. The van der Waals surface area contributed by atoms with Gasteiger partial charge in [-0.3, -0.25) is 0 Å². The standard InChI is InChI=1S/C14H10ClFN2OS/c1-8-6-9(2-3-11(8)16)19-7-12-17-13(15)10-4-5-20-14(10)18-12/h2-6H,7H2,1H3. The van der Waals surface area contributed by atoms with Crippen molar-refractivity contribution in [2.45, 2.75) is 13.5 Å². The number of fused-ring (bicyclic) bond motifs is 1. The molecule has 0 unspecified atom stereocenters. The fourth-order valence-corrected chi connectivity index (χ4v) is 2.87. The summed E-state index contributed by atoms with van der Waals surface area (Å²) >= 11 is 7.58. The van der Waals surface area contributed by atoms with Crippen molar-refractivity contribution in [3.8, 4) is 5.75 Å². The monoisotopic (exact) mass is 308 g/mol. The Morgan fingerprint density at radius 1 is 1.30 bits per heavy atom. The third-order valence-electron chi connectivity index (χ3n) is 2.82. The van der Waals surface area contributed by atoms with E-state index in [0.717, 1.165) is 10.2 Å². The van der Waals surface area contributed by atoms with Gasteiger partial charge >= 0.3 is 0 Å². The van der Waals surface area contributed by atoms with Crippen LogP contribution in [0.4, 0.5) is 4.39 Å². The Bertz CT molecular complexity index is 775. The Morgan fingerprint density at radius 3 is 2.95 bits per heavy atom. The van der Waals surface area contributed by atoms with Gasteiger partial charge in [0.05, 0.1) is 0 Å². The minimum Gasteiger partial charge on any atom is -0.486 e. The second-order valence-corrected chi connectivity index (χ2v) is 5.52. The van der Waals surface area contributed by atoms with Crippen molar-refractivity contribution < 1.29 is 9.13 Å². The molecule has 1 aromatic carbocycles. The summed E-state index contributed by atoms with van der Waals surface area (Å²) in [4.78, 5) is 9.40. The van der Waals surface area contributed by atoms with Gasteiger partial charge in [0.25, 0.3) is 0 Å². The molecule has 20 heavy (non-hydrogen) atoms. The Hall–Kier alpha value is -1.72. The molecule has 0 aliphatic carbocycles. The van der Waals surface area contributed by atoms with E-state index < -0.39 is 0 Å². The van der Waals surface area contributed by atoms with Gasteiger partial charge in [0.1, 0.15) is 28.2 Å². The van der Waals surface area contributed by atoms with Gasteiger partial charge in [-0.25, -0.2) is 14.4 Å². The SMILES string of the molecule is Cc1cc(OCc2nc(Cl)c3ccsc3n2)ccc1F. The number of thiophene rings is 1. The molecule has 0 amide bonds. The lowest BCUT2D eigenvalue weighted by Gasteiger charge is -2.07. The molecule has 0 atom stereocenters. The smallest absolute Gasteiger partial charge is 0.169 e. The number of nitrogens with zero attached hydrogens (tertiary/aromatic N) is 2. The first-order chi connectivity index (χ1) is 9.63. The van der Waals surface area contributed by atoms with E-state index in [1.807, 2.05) is 11.4 Å². The van der Waals surface area contributed by atoms with Gasteiger partial charge in [0, 0.05) is 5.39 Å². The highest BCUT2D eigenvalue weighted by atomic mass is 35.5. The molecular weight excluding hydrogens is 299 g/mol. The van der Waals surface area contributed by atoms with E-state index in [2.05, 4.69) is 9.97 Å². The summed E-state index contributed by atoms with van der Waals surface area (Å²) in [5, 5.41) is 3.18. The van der Waals surface area contributed by atoms with Gasteiger partial charge in [-0.2, -0.15) is 0 Å². The lowest BCUT2D eigenvalue weighted by Crippen LogP contribution is -2.02. The van der Waals surface area contributed by atoms with Crippen molar-refractivity contribution in [3.63, 3.8) is 0 Å². The van der Waals surface area contributed by atoms with Crippen molar-refractivity contribution in [2.24, 2.45) is 0 Å². The minimum absolute atomic E-state index is 0.193. The first-order valence-corrected chi connectivity index (χ1v) is 7.18. The van der Waals surface area contributed by atoms with Crippen LogP contribution in [0, 0.1) is 12.7 Å². The van der Waals surface area contributed by atoms with Gasteiger partial charge in [0.15, 0.2) is 5.82 Å². The van der Waals surface area contributed by atoms with Crippen LogP contribution in [0.2, 0.25) is 5.15 Å². The van der Waals surface area contributed by atoms with E-state index in [4.69, 9.17) is 16.3 Å². The molecule has 0 spiro atoms. The summed E-state index contributed by atoms with van der Waals surface area (Å²) in [5.74, 6) is 0.832. The Morgan fingerprint density at radius 2 is 2.15 bits per heavy atom. The van der Waals surface area contributed by atoms with E-state index in [1.165, 1.54) is 17.4 Å². The van der Waals surface area contributed by atoms with Gasteiger partial charge in [0.2, 0.25) is 0 Å². The highest BCUT2D eigenvalue weighted by molar-refractivity contribution is 7.16. The van der Waals surface area contributed by atoms with Crippen LogP contribution in [0.1, 0.15) is 11.4 Å². The number of ether oxygens (including phenoxy) is 1. The minimum atomic E-state index is -0.253. The molecule has 3 aromatic rings. The lowest BCUT2D eigenvalue weighted by molar-refractivity contribution is 0.296. The second-order valence-electron chi connectivity index (χ2n) is 4.27. The van der Waals surface area contributed by atoms with Crippen molar-refractivity contribution in [2.75, 3.05) is 0 Å². The number of rotatable bonds is 3. The molecule has 102 valence electrons. The first kappa shape index (κ1) is 13.3. The molecule has 0 aliphatic heterocycles. The number of benzene rings is 1. The summed E-state index contributed by atoms with van der Waals surface area (Å²) < 4.78 is 18.7. The van der Waals surface area contributed by atoms with Crippen LogP contribution < -0.4 is 4.74 Å². The average molecular weight is 309 g/mol. The van der Waals surface area contributed by atoms with Crippen LogP contribution in [-0.2, 0) is 6.61 Å². The molecule has 0 aliphatic rings. The molecule has 0 fully saturated rings. The largest absolute Gasteiger partial charge is 0.486 e. The number of halogens is 2. The van der Waals surface area contributed by atoms with Crippen LogP contribution in [0.3, 0.4) is 0 Å². The Labute approximate surface area is 124 Å². The fourth-order valence-electron chi connectivity index (χ4n) is 1.78. The third kappa shape index (κ3) is 2.59. The van der Waals surface area contributed by atoms with Crippen molar-refractivity contribution in [1.82, 2.24) is 9.97 Å². The molecule has 2 heterocycles. The zero-order valence-corrected chi connectivity index (χ0v) is 12.1. The maximum atomic E-state index is 13.2. The molecule has 3 nitrogen and oxygen atoms in total. The predicted molar refractivity (Wildman–Crippen MR) is 77.9 cm³/mol. The molecule has 6 heteroatoms. The van der Waals surface area contributed by atoms with E-state index in [0.29, 0.717) is 22.3 Å². The van der Waals surface area contributed by atoms with E-state index in [1.54, 1.807) is 19.1 Å². The van der Waals surface area contributed by atoms with Crippen molar-refractivity contribution in [3.05, 3.63) is 52.0 Å². The van der Waals surface area contributed by atoms with Crippen molar-refractivity contribution in [1.29, 1.82) is 0 Å². The van der Waals surface area contributed by atoms with E-state index in [-0.39, 0.29) is 12.4 Å². The molecule has 0 radical (unpaired) electrons. The van der Waals surface area contributed by atoms with Gasteiger partial charge in [-0.1, -0.05) is 11.6 Å². The molecule has 3 rings (SSSR count). The molecule has 0 saturated heterocycles. The maximum absolute atomic E-state index is 13.2. The number of aromatic nitrogens is 2. The Balaban J connectivity index is 1.80. The molecule has 2 aromatic heterocycles. The van der Waals surface area contributed by atoms with E-state index in [9.17, 15) is 4.39 Å². The highest BCUT2D eigenvalue weighted by Gasteiger charge is 2.08. The Kier molecular flexibility index (Phi) is 3.54. The molecular formula is C14H10ClFN2OS. The highest BCUT2D eigenvalue weighted by Crippen LogP contribution is 2.25. The first-order valence-electron chi connectivity index (χ1n) is 5.92. The van der Waals surface area contributed by atoms with Crippen molar-refractivity contribution >= 4 is 33.2 Å². The normalized spacial score (nSPS) is 10.9. The number of hydrogen-bond acceptors (Lipinski definition) is 4. The zero-order chi connectivity index (χ0) is 14.1.